The van der Waals surface area contributed by atoms with Crippen LogP contribution in [0.3, 0.4) is 0 Å². The van der Waals surface area contributed by atoms with Crippen LogP contribution in [0.15, 0.2) is 72.2 Å². The first-order valence-electron chi connectivity index (χ1n) is 13.6. The number of alkyl carbamates (subject to hydrolysis) is 1. The van der Waals surface area contributed by atoms with Gasteiger partial charge >= 0.3 is 6.09 Å². The lowest BCUT2D eigenvalue weighted by molar-refractivity contribution is 0.0523. The molecule has 4 N–H and O–H groups in total. The van der Waals surface area contributed by atoms with Crippen molar-refractivity contribution in [2.75, 3.05) is 0 Å². The fourth-order valence-electron chi connectivity index (χ4n) is 5.09. The van der Waals surface area contributed by atoms with E-state index in [4.69, 9.17) is 10.5 Å². The lowest BCUT2D eigenvalue weighted by Gasteiger charge is -2.20. The highest BCUT2D eigenvalue weighted by Crippen LogP contribution is 2.37. The monoisotopic (exact) mass is 566 g/mol. The summed E-state index contributed by atoms with van der Waals surface area (Å²) in [5.41, 5.74) is 13.6. The fourth-order valence-corrected chi connectivity index (χ4v) is 5.71. The summed E-state index contributed by atoms with van der Waals surface area (Å²) in [5.74, 6) is -0.497. The first kappa shape index (κ1) is 28.1. The molecule has 0 fully saturated rings. The van der Waals surface area contributed by atoms with Crippen molar-refractivity contribution in [3.8, 4) is 22.4 Å². The topological polar surface area (TPSA) is 110 Å². The summed E-state index contributed by atoms with van der Waals surface area (Å²) in [6.45, 7) is 7.92. The summed E-state index contributed by atoms with van der Waals surface area (Å²) in [6, 6.07) is 20.0. The highest BCUT2D eigenvalue weighted by atomic mass is 32.1. The van der Waals surface area contributed by atoms with Gasteiger partial charge in [-0.15, -0.1) is 11.3 Å². The molecular weight excluding hydrogens is 532 g/mol. The van der Waals surface area contributed by atoms with Crippen molar-refractivity contribution in [3.63, 3.8) is 0 Å². The number of rotatable bonds is 8. The molecule has 8 heteroatoms. The van der Waals surface area contributed by atoms with Crippen LogP contribution < -0.4 is 11.1 Å². The lowest BCUT2D eigenvalue weighted by Crippen LogP contribution is -2.32. The Kier molecular flexibility index (Phi) is 7.94. The first-order chi connectivity index (χ1) is 19.6. The molecule has 7 nitrogen and oxygen atoms in total. The number of primary amides is 1. The maximum absolute atomic E-state index is 12.4. The van der Waals surface area contributed by atoms with Crippen LogP contribution in [0.1, 0.15) is 52.8 Å². The number of aryl methyl sites for hydroxylation is 2. The van der Waals surface area contributed by atoms with Gasteiger partial charge < -0.3 is 20.8 Å². The summed E-state index contributed by atoms with van der Waals surface area (Å²) in [4.78, 5) is 32.6. The number of hydrogen-bond donors (Lipinski definition) is 3. The number of thiazole rings is 1. The molecule has 0 aliphatic rings. The van der Waals surface area contributed by atoms with Gasteiger partial charge in [0.2, 0.25) is 0 Å². The zero-order chi connectivity index (χ0) is 29.1. The number of nitrogens with two attached hydrogens (primary N) is 1. The molecule has 5 rings (SSSR count). The van der Waals surface area contributed by atoms with Crippen LogP contribution in [0.25, 0.3) is 33.3 Å². The second-order valence-electron chi connectivity index (χ2n) is 11.0. The number of carbonyl (C=O) groups excluding carboxylic acids is 2. The molecule has 2 heterocycles. The molecule has 0 spiro atoms. The van der Waals surface area contributed by atoms with Crippen molar-refractivity contribution in [2.24, 2.45) is 5.73 Å². The van der Waals surface area contributed by atoms with Crippen molar-refractivity contribution >= 4 is 34.2 Å². The lowest BCUT2D eigenvalue weighted by atomic mass is 9.91. The number of ether oxygens (including phenoxy) is 1. The number of nitrogens with zero attached hydrogens (tertiary/aromatic N) is 1. The van der Waals surface area contributed by atoms with E-state index in [0.717, 1.165) is 51.2 Å². The number of amides is 2. The number of H-pyrrole nitrogens is 1. The normalized spacial score (nSPS) is 11.5. The van der Waals surface area contributed by atoms with Gasteiger partial charge in [-0.2, -0.15) is 0 Å². The number of aromatic nitrogens is 2. The summed E-state index contributed by atoms with van der Waals surface area (Å²) in [7, 11) is 0. The van der Waals surface area contributed by atoms with Gasteiger partial charge in [0.25, 0.3) is 5.91 Å². The van der Waals surface area contributed by atoms with E-state index >= 15 is 0 Å². The number of hydrogen-bond acceptors (Lipinski definition) is 5. The third kappa shape index (κ3) is 6.33. The first-order valence-corrected chi connectivity index (χ1v) is 14.5. The second-order valence-corrected chi connectivity index (χ2v) is 12.0. The van der Waals surface area contributed by atoms with E-state index in [9.17, 15) is 9.59 Å². The Hall–Kier alpha value is -4.43. The van der Waals surface area contributed by atoms with Gasteiger partial charge in [0.05, 0.1) is 16.1 Å². The molecule has 0 atom stereocenters. The quantitative estimate of drug-likeness (QED) is 0.185. The molecule has 3 aromatic carbocycles. The van der Waals surface area contributed by atoms with Crippen LogP contribution in [0.4, 0.5) is 4.79 Å². The molecule has 0 bridgehead atoms. The minimum atomic E-state index is -0.585. The Balaban J connectivity index is 1.54. The van der Waals surface area contributed by atoms with E-state index in [2.05, 4.69) is 46.5 Å². The van der Waals surface area contributed by atoms with Crippen LogP contribution in [-0.4, -0.2) is 27.6 Å². The highest BCUT2D eigenvalue weighted by molar-refractivity contribution is 7.09. The molecule has 0 saturated heterocycles. The Morgan fingerprint density at radius 1 is 0.976 bits per heavy atom. The van der Waals surface area contributed by atoms with Crippen molar-refractivity contribution in [1.29, 1.82) is 0 Å². The SMILES string of the molecule is Cc1c(CCc2nccs2)cccc1-c1ccc(C(N)=O)c2[nH]c(-c3ccccc3CNC(=O)OC(C)(C)C)cc12. The molecule has 0 aliphatic carbocycles. The summed E-state index contributed by atoms with van der Waals surface area (Å²) in [6.07, 6.45) is 3.15. The molecule has 2 aromatic heterocycles. The Labute approximate surface area is 243 Å². The van der Waals surface area contributed by atoms with Crippen molar-refractivity contribution in [1.82, 2.24) is 15.3 Å². The Morgan fingerprint density at radius 3 is 2.46 bits per heavy atom. The molecule has 41 heavy (non-hydrogen) atoms. The summed E-state index contributed by atoms with van der Waals surface area (Å²) in [5, 5.41) is 6.89. The fraction of sp³-hybridized carbons (Fsp3) is 0.242. The number of nitrogens with one attached hydrogen (secondary N) is 2. The summed E-state index contributed by atoms with van der Waals surface area (Å²) >= 11 is 1.67. The van der Waals surface area contributed by atoms with E-state index in [0.29, 0.717) is 11.1 Å². The number of carbonyl (C=O) groups is 2. The predicted octanol–water partition coefficient (Wildman–Crippen LogP) is 7.18. The van der Waals surface area contributed by atoms with Crippen LogP contribution in [0.2, 0.25) is 0 Å². The molecule has 210 valence electrons. The standard InChI is InChI=1S/C33H34N4O3S/c1-20-21(12-15-29-35-16-17-41-29)9-7-11-23(20)25-13-14-26(31(34)38)30-27(25)18-28(37-30)24-10-6-5-8-22(24)19-36-32(39)40-33(2,3)4/h5-11,13-14,16-18,37H,12,15,19H2,1-4H3,(H2,34,38)(H,36,39). The van der Waals surface area contributed by atoms with Crippen LogP contribution in [-0.2, 0) is 24.1 Å². The van der Waals surface area contributed by atoms with Crippen molar-refractivity contribution in [3.05, 3.63) is 99.5 Å². The maximum atomic E-state index is 12.4. The Morgan fingerprint density at radius 2 is 1.73 bits per heavy atom. The molecule has 0 unspecified atom stereocenters. The van der Waals surface area contributed by atoms with E-state index in [1.54, 1.807) is 17.4 Å². The number of benzene rings is 3. The van der Waals surface area contributed by atoms with Gasteiger partial charge in [0.15, 0.2) is 0 Å². The molecule has 2 amide bonds. The molecule has 0 radical (unpaired) electrons. The highest BCUT2D eigenvalue weighted by Gasteiger charge is 2.19. The van der Waals surface area contributed by atoms with E-state index in [1.807, 2.05) is 62.7 Å². The third-order valence-electron chi connectivity index (χ3n) is 7.02. The predicted molar refractivity (Wildman–Crippen MR) is 165 cm³/mol. The van der Waals surface area contributed by atoms with Crippen LogP contribution in [0.5, 0.6) is 0 Å². The smallest absolute Gasteiger partial charge is 0.407 e. The average molecular weight is 567 g/mol. The maximum Gasteiger partial charge on any atom is 0.407 e. The van der Waals surface area contributed by atoms with Gasteiger partial charge in [0.1, 0.15) is 5.60 Å². The van der Waals surface area contributed by atoms with Gasteiger partial charge in [0, 0.05) is 41.2 Å². The van der Waals surface area contributed by atoms with Gasteiger partial charge in [-0.3, -0.25) is 4.79 Å². The minimum Gasteiger partial charge on any atom is -0.444 e. The zero-order valence-corrected chi connectivity index (χ0v) is 24.5. The Bertz CT molecular complexity index is 1710. The van der Waals surface area contributed by atoms with Crippen molar-refractivity contribution < 1.29 is 14.3 Å². The molecule has 0 aliphatic heterocycles. The third-order valence-corrected chi connectivity index (χ3v) is 7.86. The zero-order valence-electron chi connectivity index (χ0n) is 23.7. The van der Waals surface area contributed by atoms with Crippen LogP contribution in [0, 0.1) is 6.92 Å². The molecule has 0 saturated carbocycles. The number of aromatic amines is 1. The van der Waals surface area contributed by atoms with Gasteiger partial charge in [-0.1, -0.05) is 48.5 Å². The molecular formula is C33H34N4O3S. The second kappa shape index (κ2) is 11.6. The summed E-state index contributed by atoms with van der Waals surface area (Å²) < 4.78 is 5.41. The van der Waals surface area contributed by atoms with E-state index < -0.39 is 17.6 Å². The van der Waals surface area contributed by atoms with Gasteiger partial charge in [-0.25, -0.2) is 9.78 Å². The largest absolute Gasteiger partial charge is 0.444 e. The average Bonchev–Trinajstić information content (AvgIpc) is 3.60. The molecule has 5 aromatic rings. The van der Waals surface area contributed by atoms with E-state index in [1.165, 1.54) is 11.1 Å². The van der Waals surface area contributed by atoms with E-state index in [-0.39, 0.29) is 6.54 Å². The van der Waals surface area contributed by atoms with Crippen LogP contribution >= 0.6 is 11.3 Å². The minimum absolute atomic E-state index is 0.288. The van der Waals surface area contributed by atoms with Crippen molar-refractivity contribution in [2.45, 2.75) is 52.7 Å². The number of fused-ring (bicyclic) bond motifs is 1. The van der Waals surface area contributed by atoms with Gasteiger partial charge in [-0.05, 0) is 74.1 Å².